The van der Waals surface area contributed by atoms with Gasteiger partial charge in [0.2, 0.25) is 17.6 Å². The number of hydrogen-bond donors (Lipinski definition) is 1. The van der Waals surface area contributed by atoms with Gasteiger partial charge < -0.3 is 9.84 Å². The summed E-state index contributed by atoms with van der Waals surface area (Å²) in [6, 6.07) is 7.87. The summed E-state index contributed by atoms with van der Waals surface area (Å²) in [7, 11) is 0. The number of aryl methyl sites for hydroxylation is 1. The van der Waals surface area contributed by atoms with Gasteiger partial charge in [-0.1, -0.05) is 29.4 Å². The third-order valence-corrected chi connectivity index (χ3v) is 2.57. The number of hydrogen-bond acceptors (Lipinski definition) is 4. The van der Waals surface area contributed by atoms with E-state index in [1.54, 1.807) is 0 Å². The molecule has 0 radical (unpaired) electrons. The highest BCUT2D eigenvalue weighted by Gasteiger charge is 2.10. The highest BCUT2D eigenvalue weighted by atomic mass is 16.5. The maximum atomic E-state index is 10.7. The topological polar surface area (TPSA) is 68.0 Å². The summed E-state index contributed by atoms with van der Waals surface area (Å²) in [5.74, 6) is 1.06. The second kappa shape index (κ2) is 5.44. The van der Waals surface area contributed by atoms with Crippen molar-refractivity contribution in [2.24, 2.45) is 0 Å². The van der Waals surface area contributed by atoms with E-state index < -0.39 is 0 Å². The summed E-state index contributed by atoms with van der Waals surface area (Å²) < 4.78 is 5.14. The minimum absolute atomic E-state index is 0.0614. The van der Waals surface area contributed by atoms with Crippen molar-refractivity contribution in [2.75, 3.05) is 6.54 Å². The largest absolute Gasteiger partial charge is 0.356 e. The van der Waals surface area contributed by atoms with E-state index in [-0.39, 0.29) is 5.91 Å². The molecule has 0 unspecified atom stereocenters. The van der Waals surface area contributed by atoms with E-state index >= 15 is 0 Å². The van der Waals surface area contributed by atoms with Crippen LogP contribution in [0.4, 0.5) is 0 Å². The molecule has 18 heavy (non-hydrogen) atoms. The summed E-state index contributed by atoms with van der Waals surface area (Å²) in [5, 5.41) is 6.63. The fraction of sp³-hybridized carbons (Fsp3) is 0.308. The number of nitrogens with one attached hydrogen (secondary N) is 1. The quantitative estimate of drug-likeness (QED) is 0.890. The summed E-state index contributed by atoms with van der Waals surface area (Å²) in [6.07, 6.45) is 0.540. The lowest BCUT2D eigenvalue weighted by atomic mass is 10.1. The number of carbonyl (C=O) groups excluding carboxylic acids is 1. The first-order chi connectivity index (χ1) is 8.66. The van der Waals surface area contributed by atoms with Crippen LogP contribution in [0, 0.1) is 6.92 Å². The Balaban J connectivity index is 2.06. The predicted molar refractivity (Wildman–Crippen MR) is 66.9 cm³/mol. The van der Waals surface area contributed by atoms with Gasteiger partial charge in [0.25, 0.3) is 0 Å². The molecule has 0 atom stereocenters. The molecule has 0 saturated carbocycles. The van der Waals surface area contributed by atoms with Gasteiger partial charge in [0.1, 0.15) is 0 Å². The third-order valence-electron chi connectivity index (χ3n) is 2.57. The van der Waals surface area contributed by atoms with Crippen LogP contribution >= 0.6 is 0 Å². The molecule has 2 rings (SSSR count). The van der Waals surface area contributed by atoms with Crippen molar-refractivity contribution in [1.29, 1.82) is 0 Å². The Morgan fingerprint density at radius 1 is 1.39 bits per heavy atom. The summed E-state index contributed by atoms with van der Waals surface area (Å²) in [4.78, 5) is 15.0. The smallest absolute Gasteiger partial charge is 0.228 e. The predicted octanol–water partition coefficient (Wildman–Crippen LogP) is 1.72. The summed E-state index contributed by atoms with van der Waals surface area (Å²) in [6.45, 7) is 3.99. The van der Waals surface area contributed by atoms with Crippen LogP contribution in [0.2, 0.25) is 0 Å². The Labute approximate surface area is 105 Å². The lowest BCUT2D eigenvalue weighted by molar-refractivity contribution is -0.118. The second-order valence-corrected chi connectivity index (χ2v) is 4.06. The van der Waals surface area contributed by atoms with Crippen LogP contribution in [-0.2, 0) is 11.2 Å². The van der Waals surface area contributed by atoms with Gasteiger partial charge >= 0.3 is 0 Å². The number of rotatable bonds is 4. The van der Waals surface area contributed by atoms with Gasteiger partial charge in [-0.25, -0.2) is 0 Å². The number of benzene rings is 1. The SMILES string of the molecule is CC(=O)NCCc1nc(-c2ccccc2C)no1. The van der Waals surface area contributed by atoms with E-state index in [0.717, 1.165) is 11.1 Å². The Morgan fingerprint density at radius 2 is 2.17 bits per heavy atom. The lowest BCUT2D eigenvalue weighted by Gasteiger charge is -1.98. The van der Waals surface area contributed by atoms with Gasteiger partial charge in [-0.2, -0.15) is 4.98 Å². The molecule has 1 aromatic carbocycles. The maximum absolute atomic E-state index is 10.7. The van der Waals surface area contributed by atoms with Crippen molar-refractivity contribution in [3.63, 3.8) is 0 Å². The lowest BCUT2D eigenvalue weighted by Crippen LogP contribution is -2.22. The molecule has 0 fully saturated rings. The maximum Gasteiger partial charge on any atom is 0.228 e. The standard InChI is InChI=1S/C13H15N3O2/c1-9-5-3-4-6-11(9)13-15-12(18-16-13)7-8-14-10(2)17/h3-6H,7-8H2,1-2H3,(H,14,17). The molecule has 0 aliphatic heterocycles. The van der Waals surface area contributed by atoms with Gasteiger partial charge in [0.05, 0.1) is 0 Å². The molecule has 1 heterocycles. The zero-order chi connectivity index (χ0) is 13.0. The van der Waals surface area contributed by atoms with E-state index in [1.807, 2.05) is 31.2 Å². The molecule has 1 N–H and O–H groups in total. The monoisotopic (exact) mass is 245 g/mol. The highest BCUT2D eigenvalue weighted by Crippen LogP contribution is 2.19. The van der Waals surface area contributed by atoms with Gasteiger partial charge in [0, 0.05) is 25.5 Å². The molecule has 0 bridgehead atoms. The Hall–Kier alpha value is -2.17. The minimum Gasteiger partial charge on any atom is -0.356 e. The minimum atomic E-state index is -0.0614. The van der Waals surface area contributed by atoms with Crippen LogP contribution in [0.1, 0.15) is 18.4 Å². The fourth-order valence-corrected chi connectivity index (χ4v) is 1.64. The summed E-state index contributed by atoms with van der Waals surface area (Å²) in [5.41, 5.74) is 2.07. The van der Waals surface area contributed by atoms with Crippen molar-refractivity contribution >= 4 is 5.91 Å². The Morgan fingerprint density at radius 3 is 2.89 bits per heavy atom. The third kappa shape index (κ3) is 2.94. The number of aromatic nitrogens is 2. The van der Waals surface area contributed by atoms with Crippen LogP contribution in [0.15, 0.2) is 28.8 Å². The first kappa shape index (κ1) is 12.3. The first-order valence-electron chi connectivity index (χ1n) is 5.80. The molecule has 0 aliphatic rings. The average molecular weight is 245 g/mol. The zero-order valence-corrected chi connectivity index (χ0v) is 10.4. The van der Waals surface area contributed by atoms with E-state index in [2.05, 4.69) is 15.5 Å². The molecule has 5 nitrogen and oxygen atoms in total. The molecule has 2 aromatic rings. The van der Waals surface area contributed by atoms with E-state index in [4.69, 9.17) is 4.52 Å². The molecule has 0 saturated heterocycles. The molecular weight excluding hydrogens is 230 g/mol. The number of carbonyl (C=O) groups is 1. The van der Waals surface area contributed by atoms with Crippen molar-refractivity contribution in [1.82, 2.24) is 15.5 Å². The van der Waals surface area contributed by atoms with Crippen LogP contribution in [0.5, 0.6) is 0 Å². The summed E-state index contributed by atoms with van der Waals surface area (Å²) >= 11 is 0. The van der Waals surface area contributed by atoms with Crippen LogP contribution < -0.4 is 5.32 Å². The number of nitrogens with zero attached hydrogens (tertiary/aromatic N) is 2. The van der Waals surface area contributed by atoms with Crippen LogP contribution in [0.3, 0.4) is 0 Å². The molecule has 5 heteroatoms. The molecule has 94 valence electrons. The van der Waals surface area contributed by atoms with Crippen molar-refractivity contribution in [3.05, 3.63) is 35.7 Å². The zero-order valence-electron chi connectivity index (χ0n) is 10.4. The van der Waals surface area contributed by atoms with Crippen molar-refractivity contribution < 1.29 is 9.32 Å². The average Bonchev–Trinajstić information content (AvgIpc) is 2.78. The van der Waals surface area contributed by atoms with Crippen molar-refractivity contribution in [2.45, 2.75) is 20.3 Å². The van der Waals surface area contributed by atoms with Gasteiger partial charge in [-0.3, -0.25) is 4.79 Å². The fourth-order valence-electron chi connectivity index (χ4n) is 1.64. The van der Waals surface area contributed by atoms with Gasteiger partial charge in [-0.15, -0.1) is 0 Å². The molecule has 0 aliphatic carbocycles. The Bertz CT molecular complexity index is 549. The van der Waals surface area contributed by atoms with E-state index in [1.165, 1.54) is 6.92 Å². The van der Waals surface area contributed by atoms with Crippen molar-refractivity contribution in [3.8, 4) is 11.4 Å². The molecular formula is C13H15N3O2. The molecule has 0 spiro atoms. The van der Waals surface area contributed by atoms with Gasteiger partial charge in [-0.05, 0) is 12.5 Å². The second-order valence-electron chi connectivity index (χ2n) is 4.06. The van der Waals surface area contributed by atoms with E-state index in [9.17, 15) is 4.79 Å². The highest BCUT2D eigenvalue weighted by molar-refractivity contribution is 5.72. The first-order valence-corrected chi connectivity index (χ1v) is 5.80. The molecule has 1 aromatic heterocycles. The van der Waals surface area contributed by atoms with Crippen LogP contribution in [-0.4, -0.2) is 22.6 Å². The normalized spacial score (nSPS) is 10.3. The van der Waals surface area contributed by atoms with Crippen LogP contribution in [0.25, 0.3) is 11.4 Å². The molecule has 1 amide bonds. The van der Waals surface area contributed by atoms with Gasteiger partial charge in [0.15, 0.2) is 0 Å². The number of amides is 1. The van der Waals surface area contributed by atoms with E-state index in [0.29, 0.717) is 24.7 Å². The Kier molecular flexibility index (Phi) is 3.72.